The predicted molar refractivity (Wildman–Crippen MR) is 99.9 cm³/mol. The van der Waals surface area contributed by atoms with Gasteiger partial charge >= 0.3 is 0 Å². The Balaban J connectivity index is 1.84. The smallest absolute Gasteiger partial charge is 0.293 e. The van der Waals surface area contributed by atoms with E-state index in [9.17, 15) is 14.9 Å². The summed E-state index contributed by atoms with van der Waals surface area (Å²) in [6.45, 7) is 1.58. The van der Waals surface area contributed by atoms with Gasteiger partial charge in [-0.1, -0.05) is 0 Å². The van der Waals surface area contributed by atoms with Crippen LogP contribution in [0.4, 0.5) is 22.7 Å². The molecule has 26 heavy (non-hydrogen) atoms. The van der Waals surface area contributed by atoms with E-state index in [0.717, 1.165) is 25.9 Å². The zero-order chi connectivity index (χ0) is 18.7. The van der Waals surface area contributed by atoms with E-state index in [-0.39, 0.29) is 11.3 Å². The Morgan fingerprint density at radius 2 is 1.96 bits per heavy atom. The number of nitrogens with two attached hydrogens (primary N) is 1. The zero-order valence-corrected chi connectivity index (χ0v) is 14.4. The van der Waals surface area contributed by atoms with Gasteiger partial charge in [-0.25, -0.2) is 0 Å². The molecule has 0 unspecified atom stereocenters. The average molecular weight is 356 g/mol. The Morgan fingerprint density at radius 1 is 1.23 bits per heavy atom. The zero-order valence-electron chi connectivity index (χ0n) is 14.4. The number of amides is 1. The molecule has 3 N–H and O–H groups in total. The Bertz CT molecular complexity index is 847. The average Bonchev–Trinajstić information content (AvgIpc) is 3.15. The van der Waals surface area contributed by atoms with Gasteiger partial charge in [-0.15, -0.1) is 0 Å². The van der Waals surface area contributed by atoms with Crippen molar-refractivity contribution >= 4 is 28.7 Å². The van der Waals surface area contributed by atoms with Crippen LogP contribution in [0.3, 0.4) is 0 Å². The molecule has 136 valence electrons. The highest BCUT2D eigenvalue weighted by molar-refractivity contribution is 6.05. The fourth-order valence-corrected chi connectivity index (χ4v) is 3.05. The highest BCUT2D eigenvalue weighted by Gasteiger charge is 2.24. The fourth-order valence-electron chi connectivity index (χ4n) is 3.05. The first kappa shape index (κ1) is 17.5. The van der Waals surface area contributed by atoms with Crippen molar-refractivity contribution in [1.82, 2.24) is 0 Å². The van der Waals surface area contributed by atoms with Gasteiger partial charge in [0.2, 0.25) is 0 Å². The Morgan fingerprint density at radius 3 is 2.58 bits per heavy atom. The number of methoxy groups -OCH3 is 1. The van der Waals surface area contributed by atoms with Crippen molar-refractivity contribution in [1.29, 1.82) is 0 Å². The van der Waals surface area contributed by atoms with Crippen molar-refractivity contribution in [3.63, 3.8) is 0 Å². The molecule has 0 spiro atoms. The van der Waals surface area contributed by atoms with Gasteiger partial charge in [0.05, 0.1) is 17.7 Å². The summed E-state index contributed by atoms with van der Waals surface area (Å²) < 4.78 is 5.08. The first-order chi connectivity index (χ1) is 12.5. The van der Waals surface area contributed by atoms with E-state index in [1.54, 1.807) is 30.3 Å². The lowest BCUT2D eigenvalue weighted by atomic mass is 10.1. The molecule has 1 fully saturated rings. The molecule has 0 aliphatic carbocycles. The summed E-state index contributed by atoms with van der Waals surface area (Å²) >= 11 is 0. The van der Waals surface area contributed by atoms with Gasteiger partial charge in [-0.05, 0) is 43.2 Å². The maximum Gasteiger partial charge on any atom is 0.293 e. The summed E-state index contributed by atoms with van der Waals surface area (Å²) in [4.78, 5) is 25.4. The van der Waals surface area contributed by atoms with E-state index in [2.05, 4.69) is 5.32 Å². The molecule has 2 aromatic rings. The molecule has 8 nitrogen and oxygen atoms in total. The number of anilines is 3. The molecule has 1 saturated heterocycles. The van der Waals surface area contributed by atoms with Crippen LogP contribution in [0.1, 0.15) is 23.2 Å². The van der Waals surface area contributed by atoms with Gasteiger partial charge in [0, 0.05) is 30.4 Å². The minimum atomic E-state index is -0.449. The summed E-state index contributed by atoms with van der Waals surface area (Å²) in [6, 6.07) is 9.42. The molecule has 0 saturated carbocycles. The van der Waals surface area contributed by atoms with E-state index < -0.39 is 10.8 Å². The Labute approximate surface area is 150 Å². The molecule has 8 heteroatoms. The first-order valence-corrected chi connectivity index (χ1v) is 8.28. The standard InChI is InChI=1S/C18H20N4O4/c1-26-17-7-5-13(11-14(17)19)20-18(23)12-4-6-15(16(10-12)22(24)25)21-8-2-3-9-21/h4-7,10-11H,2-3,8-9,19H2,1H3,(H,20,23). The highest BCUT2D eigenvalue weighted by atomic mass is 16.6. The number of benzene rings is 2. The largest absolute Gasteiger partial charge is 0.495 e. The maximum absolute atomic E-state index is 12.5. The molecular formula is C18H20N4O4. The Hall–Kier alpha value is -3.29. The molecule has 2 aromatic carbocycles. The second kappa shape index (κ2) is 7.30. The van der Waals surface area contributed by atoms with Crippen LogP contribution in [0.2, 0.25) is 0 Å². The van der Waals surface area contributed by atoms with Gasteiger partial charge in [0.1, 0.15) is 11.4 Å². The lowest BCUT2D eigenvalue weighted by Crippen LogP contribution is -2.19. The van der Waals surface area contributed by atoms with E-state index in [0.29, 0.717) is 22.8 Å². The molecule has 0 bridgehead atoms. The van der Waals surface area contributed by atoms with E-state index >= 15 is 0 Å². The summed E-state index contributed by atoms with van der Waals surface area (Å²) in [5.41, 5.74) is 7.41. The Kier molecular flexibility index (Phi) is 4.92. The number of rotatable bonds is 5. The van der Waals surface area contributed by atoms with E-state index in [1.165, 1.54) is 13.2 Å². The van der Waals surface area contributed by atoms with Crippen LogP contribution in [0, 0.1) is 10.1 Å². The summed E-state index contributed by atoms with van der Waals surface area (Å²) in [5, 5.41) is 14.1. The van der Waals surface area contributed by atoms with Crippen LogP contribution in [-0.2, 0) is 0 Å². The molecule has 1 heterocycles. The quantitative estimate of drug-likeness (QED) is 0.484. The third-order valence-electron chi connectivity index (χ3n) is 4.37. The number of ether oxygens (including phenoxy) is 1. The maximum atomic E-state index is 12.5. The molecule has 0 atom stereocenters. The van der Waals surface area contributed by atoms with Gasteiger partial charge in [-0.2, -0.15) is 0 Å². The van der Waals surface area contributed by atoms with Crippen LogP contribution >= 0.6 is 0 Å². The van der Waals surface area contributed by atoms with Crippen LogP contribution in [0.5, 0.6) is 5.75 Å². The van der Waals surface area contributed by atoms with Gasteiger partial charge in [-0.3, -0.25) is 14.9 Å². The molecule has 0 aromatic heterocycles. The van der Waals surface area contributed by atoms with Crippen molar-refractivity contribution in [2.75, 3.05) is 36.1 Å². The number of carbonyl (C=O) groups excluding carboxylic acids is 1. The van der Waals surface area contributed by atoms with E-state index in [4.69, 9.17) is 10.5 Å². The van der Waals surface area contributed by atoms with Gasteiger partial charge in [0.15, 0.2) is 0 Å². The minimum absolute atomic E-state index is 0.0613. The molecule has 1 amide bonds. The van der Waals surface area contributed by atoms with Crippen molar-refractivity contribution in [3.05, 3.63) is 52.1 Å². The number of nitro groups is 1. The monoisotopic (exact) mass is 356 g/mol. The van der Waals surface area contributed by atoms with E-state index in [1.807, 2.05) is 4.90 Å². The van der Waals surface area contributed by atoms with Crippen LogP contribution in [0.15, 0.2) is 36.4 Å². The number of nitrogens with zero attached hydrogens (tertiary/aromatic N) is 2. The molecule has 1 aliphatic rings. The molecule has 3 rings (SSSR count). The number of nitrogen functional groups attached to an aromatic ring is 1. The topological polar surface area (TPSA) is 111 Å². The third kappa shape index (κ3) is 3.53. The van der Waals surface area contributed by atoms with Gasteiger partial charge in [0.25, 0.3) is 11.6 Å². The van der Waals surface area contributed by atoms with Crippen molar-refractivity contribution in [2.45, 2.75) is 12.8 Å². The highest BCUT2D eigenvalue weighted by Crippen LogP contribution is 2.32. The summed E-state index contributed by atoms with van der Waals surface area (Å²) in [6.07, 6.45) is 2.02. The lowest BCUT2D eigenvalue weighted by Gasteiger charge is -2.17. The number of hydrogen-bond donors (Lipinski definition) is 2. The first-order valence-electron chi connectivity index (χ1n) is 8.28. The summed E-state index contributed by atoms with van der Waals surface area (Å²) in [5.74, 6) is 0.0687. The molecule has 0 radical (unpaired) electrons. The SMILES string of the molecule is COc1ccc(NC(=O)c2ccc(N3CCCC3)c([N+](=O)[O-])c2)cc1N. The molecular weight excluding hydrogens is 336 g/mol. The van der Waals surface area contributed by atoms with Crippen molar-refractivity contribution in [2.24, 2.45) is 0 Å². The number of nitro benzene ring substituents is 1. The number of nitrogens with one attached hydrogen (secondary N) is 1. The second-order valence-corrected chi connectivity index (χ2v) is 6.07. The number of hydrogen-bond acceptors (Lipinski definition) is 6. The number of carbonyl (C=O) groups is 1. The minimum Gasteiger partial charge on any atom is -0.495 e. The van der Waals surface area contributed by atoms with Crippen molar-refractivity contribution in [3.8, 4) is 5.75 Å². The van der Waals surface area contributed by atoms with Crippen LogP contribution < -0.4 is 20.7 Å². The second-order valence-electron chi connectivity index (χ2n) is 6.07. The van der Waals surface area contributed by atoms with Gasteiger partial charge < -0.3 is 20.7 Å². The van der Waals surface area contributed by atoms with Crippen LogP contribution in [-0.4, -0.2) is 31.0 Å². The molecule has 1 aliphatic heterocycles. The fraction of sp³-hybridized carbons (Fsp3) is 0.278. The van der Waals surface area contributed by atoms with Crippen LogP contribution in [0.25, 0.3) is 0 Å². The predicted octanol–water partition coefficient (Wildman–Crippen LogP) is 3.04. The third-order valence-corrected chi connectivity index (χ3v) is 4.37. The summed E-state index contributed by atoms with van der Waals surface area (Å²) in [7, 11) is 1.50. The lowest BCUT2D eigenvalue weighted by molar-refractivity contribution is -0.384. The van der Waals surface area contributed by atoms with Crippen molar-refractivity contribution < 1.29 is 14.5 Å². The normalized spacial score (nSPS) is 13.5.